The highest BCUT2D eigenvalue weighted by Gasteiger charge is 2.25. The van der Waals surface area contributed by atoms with E-state index < -0.39 is 0 Å². The lowest BCUT2D eigenvalue weighted by molar-refractivity contribution is 0.0951. The summed E-state index contributed by atoms with van der Waals surface area (Å²) in [6.07, 6.45) is 5.90. The predicted octanol–water partition coefficient (Wildman–Crippen LogP) is 7.22. The Morgan fingerprint density at radius 1 is 1.03 bits per heavy atom. The number of halogens is 1. The van der Waals surface area contributed by atoms with Crippen LogP contribution in [0.5, 0.6) is 0 Å². The molecule has 0 bridgehead atoms. The van der Waals surface area contributed by atoms with Crippen LogP contribution < -0.4 is 5.32 Å². The predicted molar refractivity (Wildman–Crippen MR) is 135 cm³/mol. The van der Waals surface area contributed by atoms with Crippen molar-refractivity contribution in [1.29, 1.82) is 0 Å². The zero-order valence-corrected chi connectivity index (χ0v) is 19.6. The lowest BCUT2D eigenvalue weighted by Crippen LogP contribution is -2.24. The molecular formula is C27H23ClN2O2S. The van der Waals surface area contributed by atoms with E-state index in [2.05, 4.69) is 5.32 Å². The molecule has 0 atom stereocenters. The third kappa shape index (κ3) is 4.95. The molecule has 1 aliphatic rings. The maximum Gasteiger partial charge on any atom is 0.254 e. The normalized spacial score (nSPS) is 13.2. The number of carbonyl (C=O) groups excluding carboxylic acids is 1. The minimum atomic E-state index is -0.0632. The van der Waals surface area contributed by atoms with Gasteiger partial charge in [0.2, 0.25) is 0 Å². The molecule has 2 heterocycles. The Labute approximate surface area is 201 Å². The largest absolute Gasteiger partial charge is 0.455 e. The van der Waals surface area contributed by atoms with E-state index in [1.165, 1.54) is 4.88 Å². The molecule has 0 radical (unpaired) electrons. The highest BCUT2D eigenvalue weighted by atomic mass is 35.5. The van der Waals surface area contributed by atoms with Crippen molar-refractivity contribution in [3.63, 3.8) is 0 Å². The summed E-state index contributed by atoms with van der Waals surface area (Å²) in [5.74, 6) is 1.33. The Morgan fingerprint density at radius 2 is 1.82 bits per heavy atom. The average Bonchev–Trinajstić information content (AvgIpc) is 3.47. The van der Waals surface area contributed by atoms with Crippen LogP contribution in [0.15, 0.2) is 76.1 Å². The van der Waals surface area contributed by atoms with Crippen molar-refractivity contribution in [3.8, 4) is 11.3 Å². The van der Waals surface area contributed by atoms with Gasteiger partial charge in [0.25, 0.3) is 5.91 Å². The second-order valence-electron chi connectivity index (χ2n) is 8.03. The summed E-state index contributed by atoms with van der Waals surface area (Å²) in [7, 11) is 0. The zero-order valence-electron chi connectivity index (χ0n) is 18.0. The fourth-order valence-corrected chi connectivity index (χ4v) is 5.41. The average molecular weight is 475 g/mol. The van der Waals surface area contributed by atoms with Crippen LogP contribution in [0.2, 0.25) is 5.02 Å². The van der Waals surface area contributed by atoms with E-state index in [-0.39, 0.29) is 5.91 Å². The van der Waals surface area contributed by atoms with E-state index in [9.17, 15) is 4.79 Å². The summed E-state index contributed by atoms with van der Waals surface area (Å²) < 4.78 is 5.95. The van der Waals surface area contributed by atoms with E-state index in [1.54, 1.807) is 17.6 Å². The first-order valence-electron chi connectivity index (χ1n) is 11.0. The number of benzene rings is 2. The number of hydrogen-bond donors (Lipinski definition) is 1. The molecule has 6 heteroatoms. The molecular weight excluding hydrogens is 452 g/mol. The molecule has 0 spiro atoms. The smallest absolute Gasteiger partial charge is 0.254 e. The fraction of sp³-hybridized carbons (Fsp3) is 0.185. The number of aliphatic imine (C=N–C) groups is 1. The number of hydrogen-bond acceptors (Lipinski definition) is 4. The summed E-state index contributed by atoms with van der Waals surface area (Å²) in [6.45, 7) is 0.496. The fourth-order valence-electron chi connectivity index (χ4n) is 4.06. The van der Waals surface area contributed by atoms with Gasteiger partial charge in [0, 0.05) is 22.0 Å². The summed E-state index contributed by atoms with van der Waals surface area (Å²) in [5.41, 5.74) is 3.90. The first-order chi connectivity index (χ1) is 16.2. The Hall–Kier alpha value is -3.15. The number of carbonyl (C=O) groups is 1. The first-order valence-corrected chi connectivity index (χ1v) is 12.2. The van der Waals surface area contributed by atoms with Crippen LogP contribution in [0, 0.1) is 0 Å². The third-order valence-electron chi connectivity index (χ3n) is 5.74. The molecule has 0 aliphatic heterocycles. The summed E-state index contributed by atoms with van der Waals surface area (Å²) in [6, 6.07) is 21.3. The number of amides is 1. The van der Waals surface area contributed by atoms with Crippen molar-refractivity contribution >= 4 is 40.1 Å². The van der Waals surface area contributed by atoms with Crippen molar-refractivity contribution in [2.24, 2.45) is 4.99 Å². The molecule has 1 amide bonds. The number of furan rings is 1. The van der Waals surface area contributed by atoms with Crippen molar-refractivity contribution in [1.82, 2.24) is 5.32 Å². The van der Waals surface area contributed by atoms with Crippen molar-refractivity contribution in [2.75, 3.05) is 0 Å². The quantitative estimate of drug-likeness (QED) is 0.300. The second kappa shape index (κ2) is 9.77. The molecule has 0 fully saturated rings. The molecule has 166 valence electrons. The number of thiophene rings is 1. The maximum atomic E-state index is 13.2. The molecule has 33 heavy (non-hydrogen) atoms. The minimum Gasteiger partial charge on any atom is -0.455 e. The Bertz CT molecular complexity index is 1290. The minimum absolute atomic E-state index is 0.0632. The number of aryl methyl sites for hydroxylation is 1. The van der Waals surface area contributed by atoms with Gasteiger partial charge in [0.15, 0.2) is 0 Å². The number of nitrogens with one attached hydrogen (secondary N) is 1. The zero-order chi connectivity index (χ0) is 22.6. The van der Waals surface area contributed by atoms with Gasteiger partial charge in [-0.3, -0.25) is 4.79 Å². The highest BCUT2D eigenvalue weighted by Crippen LogP contribution is 2.40. The maximum absolute atomic E-state index is 13.2. The van der Waals surface area contributed by atoms with Crippen molar-refractivity contribution in [3.05, 3.63) is 99.1 Å². The van der Waals surface area contributed by atoms with Crippen LogP contribution in [0.25, 0.3) is 11.3 Å². The molecule has 4 aromatic rings. The third-order valence-corrected chi connectivity index (χ3v) is 7.19. The number of nitrogens with zero attached hydrogens (tertiary/aromatic N) is 1. The summed E-state index contributed by atoms with van der Waals surface area (Å²) in [4.78, 5) is 19.2. The van der Waals surface area contributed by atoms with E-state index in [4.69, 9.17) is 21.0 Å². The Morgan fingerprint density at radius 3 is 2.64 bits per heavy atom. The number of rotatable bonds is 6. The molecule has 2 aromatic heterocycles. The first kappa shape index (κ1) is 21.7. The second-order valence-corrected chi connectivity index (χ2v) is 9.55. The monoisotopic (exact) mass is 474 g/mol. The van der Waals surface area contributed by atoms with Crippen LogP contribution in [-0.4, -0.2) is 12.1 Å². The highest BCUT2D eigenvalue weighted by molar-refractivity contribution is 7.16. The van der Waals surface area contributed by atoms with Gasteiger partial charge < -0.3 is 9.73 Å². The van der Waals surface area contributed by atoms with Gasteiger partial charge in [0.05, 0.1) is 11.8 Å². The van der Waals surface area contributed by atoms with E-state index in [1.807, 2.05) is 66.7 Å². The lowest BCUT2D eigenvalue weighted by Gasteiger charge is -2.12. The van der Waals surface area contributed by atoms with Gasteiger partial charge in [0.1, 0.15) is 16.5 Å². The van der Waals surface area contributed by atoms with Gasteiger partial charge in [-0.15, -0.1) is 11.3 Å². The van der Waals surface area contributed by atoms with E-state index in [0.717, 1.165) is 53.1 Å². The molecule has 1 aliphatic carbocycles. The number of fused-ring (bicyclic) bond motifs is 1. The van der Waals surface area contributed by atoms with Crippen LogP contribution in [0.3, 0.4) is 0 Å². The van der Waals surface area contributed by atoms with E-state index >= 15 is 0 Å². The summed E-state index contributed by atoms with van der Waals surface area (Å²) in [5, 5.41) is 4.51. The molecule has 0 saturated heterocycles. The lowest BCUT2D eigenvalue weighted by atomic mass is 9.95. The van der Waals surface area contributed by atoms with Crippen molar-refractivity contribution in [2.45, 2.75) is 32.2 Å². The topological polar surface area (TPSA) is 54.6 Å². The van der Waals surface area contributed by atoms with Crippen LogP contribution in [0.4, 0.5) is 5.00 Å². The Balaban J connectivity index is 1.39. The molecule has 2 aromatic carbocycles. The standard InChI is InChI=1S/C27H23ClN2O2S/c28-20-12-10-19(11-13-20)23-15-14-21(32-23)17-30-27-25(22-8-4-5-9-24(22)33-27)26(31)29-16-18-6-2-1-3-7-18/h1-3,6-7,10-15,17H,4-5,8-9,16H2,(H,29,31)/b30-17-. The van der Waals surface area contributed by atoms with Gasteiger partial charge in [-0.05, 0) is 73.2 Å². The van der Waals surface area contributed by atoms with Crippen LogP contribution >= 0.6 is 22.9 Å². The van der Waals surface area contributed by atoms with Crippen LogP contribution in [0.1, 0.15) is 45.0 Å². The molecule has 0 saturated carbocycles. The summed E-state index contributed by atoms with van der Waals surface area (Å²) >= 11 is 7.60. The van der Waals surface area contributed by atoms with Gasteiger partial charge in [-0.25, -0.2) is 4.99 Å². The van der Waals surface area contributed by atoms with Gasteiger partial charge in [-0.1, -0.05) is 41.9 Å². The SMILES string of the molecule is O=C(NCc1ccccc1)c1c(/N=C\c2ccc(-c3ccc(Cl)cc3)o2)sc2c1CCCC2. The van der Waals surface area contributed by atoms with Crippen LogP contribution in [-0.2, 0) is 19.4 Å². The van der Waals surface area contributed by atoms with Gasteiger partial charge in [-0.2, -0.15) is 0 Å². The van der Waals surface area contributed by atoms with Crippen molar-refractivity contribution < 1.29 is 9.21 Å². The van der Waals surface area contributed by atoms with E-state index in [0.29, 0.717) is 22.9 Å². The molecule has 1 N–H and O–H groups in total. The molecule has 4 nitrogen and oxygen atoms in total. The molecule has 5 rings (SSSR count). The Kier molecular flexibility index (Phi) is 6.42. The molecule has 0 unspecified atom stereocenters. The van der Waals surface area contributed by atoms with Gasteiger partial charge >= 0.3 is 0 Å².